The smallest absolute Gasteiger partial charge is 0.336 e. The highest BCUT2D eigenvalue weighted by Crippen LogP contribution is 2.30. The lowest BCUT2D eigenvalue weighted by atomic mass is 9.95. The van der Waals surface area contributed by atoms with Gasteiger partial charge in [-0.05, 0) is 48.7 Å². The fraction of sp³-hybridized carbons (Fsp3) is 0.188. The SMILES string of the molecule is COc1ccc(F)c(-c2cc(C)c(C(=O)O)c(C)c2)c1. The Hall–Kier alpha value is -2.36. The molecule has 0 aliphatic rings. The van der Waals surface area contributed by atoms with Gasteiger partial charge >= 0.3 is 5.97 Å². The predicted molar refractivity (Wildman–Crippen MR) is 74.8 cm³/mol. The molecule has 0 saturated heterocycles. The van der Waals surface area contributed by atoms with E-state index in [0.717, 1.165) is 0 Å². The van der Waals surface area contributed by atoms with E-state index in [2.05, 4.69) is 0 Å². The summed E-state index contributed by atoms with van der Waals surface area (Å²) in [4.78, 5) is 11.2. The first-order valence-electron chi connectivity index (χ1n) is 6.12. The third-order valence-corrected chi connectivity index (χ3v) is 3.23. The molecule has 4 heteroatoms. The second-order valence-corrected chi connectivity index (χ2v) is 4.64. The monoisotopic (exact) mass is 274 g/mol. The van der Waals surface area contributed by atoms with Crippen LogP contribution in [0.4, 0.5) is 4.39 Å². The number of carbonyl (C=O) groups is 1. The van der Waals surface area contributed by atoms with Crippen molar-refractivity contribution in [3.63, 3.8) is 0 Å². The van der Waals surface area contributed by atoms with Crippen molar-refractivity contribution < 1.29 is 19.0 Å². The molecule has 0 heterocycles. The Labute approximate surface area is 116 Å². The third-order valence-electron chi connectivity index (χ3n) is 3.23. The van der Waals surface area contributed by atoms with Gasteiger partial charge in [-0.2, -0.15) is 0 Å². The molecule has 1 N–H and O–H groups in total. The van der Waals surface area contributed by atoms with Crippen LogP contribution in [0.5, 0.6) is 5.75 Å². The summed E-state index contributed by atoms with van der Waals surface area (Å²) in [7, 11) is 1.51. The molecule has 0 radical (unpaired) electrons. The molecule has 2 aromatic carbocycles. The highest BCUT2D eigenvalue weighted by atomic mass is 19.1. The Kier molecular flexibility index (Phi) is 3.74. The van der Waals surface area contributed by atoms with Gasteiger partial charge in [-0.1, -0.05) is 12.1 Å². The van der Waals surface area contributed by atoms with E-state index < -0.39 is 5.97 Å². The lowest BCUT2D eigenvalue weighted by Crippen LogP contribution is -2.03. The molecule has 0 atom stereocenters. The van der Waals surface area contributed by atoms with Gasteiger partial charge in [0.2, 0.25) is 0 Å². The summed E-state index contributed by atoms with van der Waals surface area (Å²) >= 11 is 0. The minimum atomic E-state index is -0.974. The Bertz CT molecular complexity index is 654. The second kappa shape index (κ2) is 5.33. The predicted octanol–water partition coefficient (Wildman–Crippen LogP) is 3.82. The zero-order valence-electron chi connectivity index (χ0n) is 11.5. The summed E-state index contributed by atoms with van der Waals surface area (Å²) in [6.45, 7) is 3.41. The van der Waals surface area contributed by atoms with Crippen LogP contribution in [-0.2, 0) is 0 Å². The number of carboxylic acids is 1. The molecule has 0 aromatic heterocycles. The quantitative estimate of drug-likeness (QED) is 0.925. The Morgan fingerprint density at radius 3 is 2.25 bits per heavy atom. The highest BCUT2D eigenvalue weighted by molar-refractivity contribution is 5.92. The van der Waals surface area contributed by atoms with Crippen molar-refractivity contribution in [1.29, 1.82) is 0 Å². The van der Waals surface area contributed by atoms with E-state index in [-0.39, 0.29) is 11.4 Å². The van der Waals surface area contributed by atoms with Gasteiger partial charge < -0.3 is 9.84 Å². The number of carboxylic acid groups (broad SMARTS) is 1. The summed E-state index contributed by atoms with van der Waals surface area (Å²) in [5.74, 6) is -0.788. The molecule has 0 aliphatic heterocycles. The van der Waals surface area contributed by atoms with Crippen molar-refractivity contribution in [2.45, 2.75) is 13.8 Å². The molecule has 0 spiro atoms. The first-order valence-corrected chi connectivity index (χ1v) is 6.12. The van der Waals surface area contributed by atoms with Crippen molar-refractivity contribution in [3.8, 4) is 16.9 Å². The number of benzene rings is 2. The van der Waals surface area contributed by atoms with Crippen molar-refractivity contribution >= 4 is 5.97 Å². The van der Waals surface area contributed by atoms with Crippen LogP contribution in [0.3, 0.4) is 0 Å². The molecule has 2 aromatic rings. The first-order chi connectivity index (χ1) is 9.43. The summed E-state index contributed by atoms with van der Waals surface area (Å²) < 4.78 is 19.0. The van der Waals surface area contributed by atoms with Crippen LogP contribution in [0.2, 0.25) is 0 Å². The number of halogens is 1. The molecule has 0 amide bonds. The van der Waals surface area contributed by atoms with E-state index in [1.54, 1.807) is 38.1 Å². The fourth-order valence-electron chi connectivity index (χ4n) is 2.31. The molecule has 3 nitrogen and oxygen atoms in total. The molecule has 0 saturated carbocycles. The summed E-state index contributed by atoms with van der Waals surface area (Å²) in [6.07, 6.45) is 0. The van der Waals surface area contributed by atoms with Crippen molar-refractivity contribution in [3.05, 3.63) is 52.8 Å². The van der Waals surface area contributed by atoms with E-state index in [1.165, 1.54) is 13.2 Å². The first kappa shape index (κ1) is 14.1. The average molecular weight is 274 g/mol. The third kappa shape index (κ3) is 2.50. The number of aryl methyl sites for hydroxylation is 2. The van der Waals surface area contributed by atoms with Crippen LogP contribution in [0.15, 0.2) is 30.3 Å². The number of methoxy groups -OCH3 is 1. The molecule has 0 aliphatic carbocycles. The summed E-state index contributed by atoms with van der Waals surface area (Å²) in [5.41, 5.74) is 2.51. The zero-order valence-corrected chi connectivity index (χ0v) is 11.5. The van der Waals surface area contributed by atoms with Crippen LogP contribution >= 0.6 is 0 Å². The average Bonchev–Trinajstić information content (AvgIpc) is 2.37. The standard InChI is InChI=1S/C16H15FO3/c1-9-6-11(7-10(2)15(9)16(18)19)13-8-12(20-3)4-5-14(13)17/h4-8H,1-3H3,(H,18,19). The van der Waals surface area contributed by atoms with Gasteiger partial charge in [0.1, 0.15) is 11.6 Å². The van der Waals surface area contributed by atoms with Crippen molar-refractivity contribution in [2.75, 3.05) is 7.11 Å². The van der Waals surface area contributed by atoms with Crippen molar-refractivity contribution in [1.82, 2.24) is 0 Å². The minimum absolute atomic E-state index is 0.261. The fourth-order valence-corrected chi connectivity index (χ4v) is 2.31. The maximum absolute atomic E-state index is 13.9. The highest BCUT2D eigenvalue weighted by Gasteiger charge is 2.14. The largest absolute Gasteiger partial charge is 0.497 e. The number of ether oxygens (including phenoxy) is 1. The van der Waals surface area contributed by atoms with Crippen molar-refractivity contribution in [2.24, 2.45) is 0 Å². The number of hydrogen-bond acceptors (Lipinski definition) is 2. The normalized spacial score (nSPS) is 10.4. The molecular formula is C16H15FO3. The van der Waals surface area contributed by atoms with Crippen LogP contribution in [0.1, 0.15) is 21.5 Å². The van der Waals surface area contributed by atoms with Crippen LogP contribution in [-0.4, -0.2) is 18.2 Å². The van der Waals surface area contributed by atoms with Gasteiger partial charge in [0.15, 0.2) is 0 Å². The molecule has 0 bridgehead atoms. The Morgan fingerprint density at radius 2 is 1.75 bits per heavy atom. The van der Waals surface area contributed by atoms with E-state index in [4.69, 9.17) is 9.84 Å². The molecule has 20 heavy (non-hydrogen) atoms. The molecule has 104 valence electrons. The van der Waals surface area contributed by atoms with Crippen LogP contribution in [0.25, 0.3) is 11.1 Å². The maximum Gasteiger partial charge on any atom is 0.336 e. The lowest BCUT2D eigenvalue weighted by Gasteiger charge is -2.11. The van der Waals surface area contributed by atoms with Gasteiger partial charge in [-0.15, -0.1) is 0 Å². The van der Waals surface area contributed by atoms with E-state index >= 15 is 0 Å². The van der Waals surface area contributed by atoms with E-state index in [0.29, 0.717) is 28.0 Å². The van der Waals surface area contributed by atoms with Crippen LogP contribution in [0, 0.1) is 19.7 Å². The topological polar surface area (TPSA) is 46.5 Å². The second-order valence-electron chi connectivity index (χ2n) is 4.64. The van der Waals surface area contributed by atoms with Gasteiger partial charge in [0.05, 0.1) is 12.7 Å². The minimum Gasteiger partial charge on any atom is -0.497 e. The van der Waals surface area contributed by atoms with Gasteiger partial charge in [-0.3, -0.25) is 0 Å². The number of hydrogen-bond donors (Lipinski definition) is 1. The lowest BCUT2D eigenvalue weighted by molar-refractivity contribution is 0.0695. The summed E-state index contributed by atoms with van der Waals surface area (Å²) in [6, 6.07) is 7.83. The van der Waals surface area contributed by atoms with Gasteiger partial charge in [-0.25, -0.2) is 9.18 Å². The van der Waals surface area contributed by atoms with Gasteiger partial charge in [0, 0.05) is 5.56 Å². The molecular weight excluding hydrogens is 259 g/mol. The maximum atomic E-state index is 13.9. The van der Waals surface area contributed by atoms with E-state index in [1.807, 2.05) is 0 Å². The Balaban J connectivity index is 2.62. The number of rotatable bonds is 3. The molecule has 0 unspecified atom stereocenters. The zero-order chi connectivity index (χ0) is 14.9. The summed E-state index contributed by atoms with van der Waals surface area (Å²) in [5, 5.41) is 9.15. The Morgan fingerprint density at radius 1 is 1.15 bits per heavy atom. The molecule has 2 rings (SSSR count). The van der Waals surface area contributed by atoms with Crippen LogP contribution < -0.4 is 4.74 Å². The van der Waals surface area contributed by atoms with Gasteiger partial charge in [0.25, 0.3) is 0 Å². The molecule has 0 fully saturated rings. The number of aromatic carboxylic acids is 1. The van der Waals surface area contributed by atoms with E-state index in [9.17, 15) is 9.18 Å².